The fraction of sp³-hybridized carbons (Fsp3) is 0.263. The second-order valence-electron chi connectivity index (χ2n) is 5.76. The highest BCUT2D eigenvalue weighted by atomic mass is 35.5. The third-order valence-electron chi connectivity index (χ3n) is 3.78. The van der Waals surface area contributed by atoms with Crippen LogP contribution < -0.4 is 11.1 Å². The molecule has 138 valence electrons. The van der Waals surface area contributed by atoms with Crippen LogP contribution in [0.15, 0.2) is 42.5 Å². The Morgan fingerprint density at radius 3 is 2.31 bits per heavy atom. The molecule has 0 radical (unpaired) electrons. The molecule has 0 saturated heterocycles. The van der Waals surface area contributed by atoms with Gasteiger partial charge in [-0.15, -0.1) is 0 Å². The summed E-state index contributed by atoms with van der Waals surface area (Å²) in [5, 5.41) is 3.76. The van der Waals surface area contributed by atoms with E-state index >= 15 is 0 Å². The van der Waals surface area contributed by atoms with Gasteiger partial charge in [-0.25, -0.2) is 4.79 Å². The van der Waals surface area contributed by atoms with Crippen LogP contribution in [0.4, 0.5) is 4.79 Å². The molecule has 0 saturated carbocycles. The van der Waals surface area contributed by atoms with Gasteiger partial charge in [0.2, 0.25) is 0 Å². The summed E-state index contributed by atoms with van der Waals surface area (Å²) in [5.74, 6) is -0.362. The smallest absolute Gasteiger partial charge is 0.405 e. The third-order valence-corrected chi connectivity index (χ3v) is 4.51. The Morgan fingerprint density at radius 2 is 1.73 bits per heavy atom. The minimum absolute atomic E-state index is 0.322. The number of rotatable bonds is 7. The number of nitrogens with two attached hydrogens (primary N) is 1. The Morgan fingerprint density at radius 1 is 1.08 bits per heavy atom. The van der Waals surface area contributed by atoms with E-state index in [1.54, 1.807) is 12.1 Å². The maximum atomic E-state index is 12.1. The third kappa shape index (κ3) is 5.64. The number of ether oxygens (including phenoxy) is 1. The molecule has 2 amide bonds. The molecule has 0 aliphatic heterocycles. The van der Waals surface area contributed by atoms with Crippen LogP contribution in [0.3, 0.4) is 0 Å². The molecule has 0 aliphatic rings. The number of carbonyl (C=O) groups is 2. The Labute approximate surface area is 162 Å². The molecule has 0 aromatic heterocycles. The molecule has 2 rings (SSSR count). The Kier molecular flexibility index (Phi) is 7.30. The van der Waals surface area contributed by atoms with Crippen LogP contribution in [0.25, 0.3) is 11.1 Å². The van der Waals surface area contributed by atoms with E-state index in [-0.39, 0.29) is 5.91 Å². The van der Waals surface area contributed by atoms with Gasteiger partial charge < -0.3 is 15.8 Å². The zero-order valence-electron chi connectivity index (χ0n) is 14.3. The van der Waals surface area contributed by atoms with Crippen molar-refractivity contribution in [3.05, 3.63) is 58.1 Å². The van der Waals surface area contributed by atoms with Crippen molar-refractivity contribution < 1.29 is 14.3 Å². The Bertz CT molecular complexity index is 779. The van der Waals surface area contributed by atoms with Gasteiger partial charge in [-0.3, -0.25) is 4.79 Å². The Hall–Kier alpha value is -2.24. The molecule has 0 spiro atoms. The summed E-state index contributed by atoms with van der Waals surface area (Å²) in [5.41, 5.74) is 7.85. The topological polar surface area (TPSA) is 81.4 Å². The van der Waals surface area contributed by atoms with Crippen molar-refractivity contribution in [3.8, 4) is 11.1 Å². The highest BCUT2D eigenvalue weighted by Gasteiger charge is 2.20. The summed E-state index contributed by atoms with van der Waals surface area (Å²) >= 11 is 12.0. The van der Waals surface area contributed by atoms with Crippen molar-refractivity contribution in [3.63, 3.8) is 0 Å². The van der Waals surface area contributed by atoms with Crippen molar-refractivity contribution in [2.24, 2.45) is 5.73 Å². The zero-order valence-corrected chi connectivity index (χ0v) is 15.8. The summed E-state index contributed by atoms with van der Waals surface area (Å²) in [6.45, 7) is 2.22. The standard InChI is InChI=1S/C19H20Cl2N2O3/c1-2-3-17(26-19(22)25)18(24)23-11-12-4-6-13(7-5-12)14-8-9-15(20)16(21)10-14/h4-10,17H,2-3,11H2,1H3,(H2,22,25)(H,23,24)/t17-/m0/s1. The fourth-order valence-electron chi connectivity index (χ4n) is 2.44. The van der Waals surface area contributed by atoms with Crippen LogP contribution in [-0.4, -0.2) is 18.1 Å². The molecular formula is C19H20Cl2N2O3. The molecule has 7 heteroatoms. The molecule has 1 atom stereocenters. The first-order chi connectivity index (χ1) is 12.4. The molecule has 2 aromatic rings. The summed E-state index contributed by atoms with van der Waals surface area (Å²) in [7, 11) is 0. The number of carbonyl (C=O) groups excluding carboxylic acids is 2. The SMILES string of the molecule is CCC[C@H](OC(N)=O)C(=O)NCc1ccc(-c2ccc(Cl)c(Cl)c2)cc1. The highest BCUT2D eigenvalue weighted by molar-refractivity contribution is 6.42. The highest BCUT2D eigenvalue weighted by Crippen LogP contribution is 2.28. The van der Waals surface area contributed by atoms with Gasteiger partial charge in [0.25, 0.3) is 5.91 Å². The minimum atomic E-state index is -0.954. The lowest BCUT2D eigenvalue weighted by molar-refractivity contribution is -0.129. The number of nitrogens with one attached hydrogen (secondary N) is 1. The Balaban J connectivity index is 1.99. The van der Waals surface area contributed by atoms with E-state index < -0.39 is 12.2 Å². The number of hydrogen-bond acceptors (Lipinski definition) is 3. The van der Waals surface area contributed by atoms with Crippen LogP contribution in [0.1, 0.15) is 25.3 Å². The van der Waals surface area contributed by atoms with Crippen LogP contribution in [-0.2, 0) is 16.1 Å². The lowest BCUT2D eigenvalue weighted by atomic mass is 10.0. The summed E-state index contributed by atoms with van der Waals surface area (Å²) in [6.07, 6.45) is -0.702. The van der Waals surface area contributed by atoms with Crippen LogP contribution >= 0.6 is 23.2 Å². The van der Waals surface area contributed by atoms with Gasteiger partial charge in [-0.1, -0.05) is 66.9 Å². The van der Waals surface area contributed by atoms with E-state index in [2.05, 4.69) is 5.32 Å². The van der Waals surface area contributed by atoms with E-state index in [0.717, 1.165) is 16.7 Å². The first kappa shape index (κ1) is 20.1. The van der Waals surface area contributed by atoms with E-state index in [9.17, 15) is 9.59 Å². The molecule has 5 nitrogen and oxygen atoms in total. The van der Waals surface area contributed by atoms with Gasteiger partial charge in [0.1, 0.15) is 0 Å². The van der Waals surface area contributed by atoms with E-state index in [0.29, 0.717) is 29.4 Å². The molecule has 0 fully saturated rings. The lowest BCUT2D eigenvalue weighted by Crippen LogP contribution is -2.38. The van der Waals surface area contributed by atoms with E-state index in [4.69, 9.17) is 33.7 Å². The van der Waals surface area contributed by atoms with Gasteiger partial charge in [0, 0.05) is 6.54 Å². The number of hydrogen-bond donors (Lipinski definition) is 2. The summed E-state index contributed by atoms with van der Waals surface area (Å²) < 4.78 is 4.84. The van der Waals surface area contributed by atoms with Crippen LogP contribution in [0, 0.1) is 0 Å². The average molecular weight is 395 g/mol. The molecule has 26 heavy (non-hydrogen) atoms. The first-order valence-electron chi connectivity index (χ1n) is 8.19. The zero-order chi connectivity index (χ0) is 19.1. The van der Waals surface area contributed by atoms with Crippen molar-refractivity contribution in [1.82, 2.24) is 5.32 Å². The van der Waals surface area contributed by atoms with Crippen LogP contribution in [0.5, 0.6) is 0 Å². The molecule has 2 aromatic carbocycles. The first-order valence-corrected chi connectivity index (χ1v) is 8.94. The normalized spacial score (nSPS) is 11.7. The largest absolute Gasteiger partial charge is 0.436 e. The van der Waals surface area contributed by atoms with E-state index in [1.165, 1.54) is 0 Å². The van der Waals surface area contributed by atoms with Gasteiger partial charge >= 0.3 is 6.09 Å². The van der Waals surface area contributed by atoms with Gasteiger partial charge in [0.15, 0.2) is 6.10 Å². The second-order valence-corrected chi connectivity index (χ2v) is 6.57. The van der Waals surface area contributed by atoms with Crippen molar-refractivity contribution >= 4 is 35.2 Å². The molecule has 0 unspecified atom stereocenters. The number of primary amides is 1. The van der Waals surface area contributed by atoms with Gasteiger partial charge in [0.05, 0.1) is 10.0 Å². The predicted octanol–water partition coefficient (Wildman–Crippen LogP) is 4.54. The second kappa shape index (κ2) is 9.46. The molecular weight excluding hydrogens is 375 g/mol. The van der Waals surface area contributed by atoms with Crippen molar-refractivity contribution in [1.29, 1.82) is 0 Å². The van der Waals surface area contributed by atoms with Crippen molar-refractivity contribution in [2.75, 3.05) is 0 Å². The maximum absolute atomic E-state index is 12.1. The molecule has 0 bridgehead atoms. The number of amides is 2. The minimum Gasteiger partial charge on any atom is -0.436 e. The monoisotopic (exact) mass is 394 g/mol. The maximum Gasteiger partial charge on any atom is 0.405 e. The lowest BCUT2D eigenvalue weighted by Gasteiger charge is -2.15. The fourth-order valence-corrected chi connectivity index (χ4v) is 2.74. The predicted molar refractivity (Wildman–Crippen MR) is 103 cm³/mol. The number of halogens is 2. The van der Waals surface area contributed by atoms with Crippen LogP contribution in [0.2, 0.25) is 10.0 Å². The van der Waals surface area contributed by atoms with Gasteiger partial charge in [-0.2, -0.15) is 0 Å². The quantitative estimate of drug-likeness (QED) is 0.722. The number of benzene rings is 2. The summed E-state index contributed by atoms with van der Waals surface area (Å²) in [6, 6.07) is 13.1. The average Bonchev–Trinajstić information content (AvgIpc) is 2.62. The molecule has 0 heterocycles. The van der Waals surface area contributed by atoms with E-state index in [1.807, 2.05) is 37.3 Å². The molecule has 0 aliphatic carbocycles. The summed E-state index contributed by atoms with van der Waals surface area (Å²) in [4.78, 5) is 23.0. The van der Waals surface area contributed by atoms with Crippen molar-refractivity contribution in [2.45, 2.75) is 32.4 Å². The molecule has 3 N–H and O–H groups in total. The van der Waals surface area contributed by atoms with Gasteiger partial charge in [-0.05, 0) is 35.2 Å².